The van der Waals surface area contributed by atoms with Crippen LogP contribution in [0, 0.1) is 0 Å². The second-order valence-electron chi connectivity index (χ2n) is 5.69. The molecule has 6 heteroatoms. The highest BCUT2D eigenvalue weighted by Gasteiger charge is 2.23. The topological polar surface area (TPSA) is 77.2 Å². The van der Waals surface area contributed by atoms with E-state index < -0.39 is 12.1 Å². The largest absolute Gasteiger partial charge is 0.478 e. The zero-order valence-electron chi connectivity index (χ0n) is 13.7. The lowest BCUT2D eigenvalue weighted by Gasteiger charge is -2.17. The quantitative estimate of drug-likeness (QED) is 0.598. The molecule has 26 heavy (non-hydrogen) atoms. The number of carbonyl (C=O) groups is 1. The van der Waals surface area contributed by atoms with Crippen LogP contribution in [0.25, 0.3) is 16.7 Å². The maximum Gasteiger partial charge on any atom is 0.349 e. The van der Waals surface area contributed by atoms with Gasteiger partial charge in [0, 0.05) is 5.56 Å². The molecule has 1 unspecified atom stereocenters. The van der Waals surface area contributed by atoms with Crippen LogP contribution in [-0.4, -0.2) is 26.1 Å². The van der Waals surface area contributed by atoms with E-state index in [9.17, 15) is 9.90 Å². The number of rotatable bonds is 5. The Morgan fingerprint density at radius 2 is 1.42 bits per heavy atom. The van der Waals surface area contributed by atoms with Gasteiger partial charge < -0.3 is 9.84 Å². The van der Waals surface area contributed by atoms with Gasteiger partial charge in [0.25, 0.3) is 0 Å². The molecular weight excluding hydrogens is 330 g/mol. The molecule has 1 N–H and O–H groups in total. The first-order valence-electron chi connectivity index (χ1n) is 8.08. The molecule has 4 aromatic rings. The molecule has 4 rings (SSSR count). The summed E-state index contributed by atoms with van der Waals surface area (Å²) in [4.78, 5) is 13.2. The molecule has 1 aromatic heterocycles. The standard InChI is InChI=1S/C20H15N3O3/c24-20(25)19(14-8-2-1-3-9-14)26-18-13-7-6-12-17(18)23-21-15-10-4-5-11-16(15)22-23/h1-13,19H,(H,24,25). The van der Waals surface area contributed by atoms with Crippen LogP contribution >= 0.6 is 0 Å². The van der Waals surface area contributed by atoms with Gasteiger partial charge in [0.2, 0.25) is 6.10 Å². The number of para-hydroxylation sites is 2. The Morgan fingerprint density at radius 1 is 0.846 bits per heavy atom. The number of nitrogens with zero attached hydrogens (tertiary/aromatic N) is 3. The van der Waals surface area contributed by atoms with E-state index in [2.05, 4.69) is 10.2 Å². The number of ether oxygens (including phenoxy) is 1. The molecule has 6 nitrogen and oxygen atoms in total. The van der Waals surface area contributed by atoms with Gasteiger partial charge in [0.05, 0.1) is 0 Å². The minimum absolute atomic E-state index is 0.393. The van der Waals surface area contributed by atoms with Crippen molar-refractivity contribution in [1.29, 1.82) is 0 Å². The first-order chi connectivity index (χ1) is 12.7. The average molecular weight is 345 g/mol. The maximum atomic E-state index is 11.7. The summed E-state index contributed by atoms with van der Waals surface area (Å²) in [5.74, 6) is -0.673. The first kappa shape index (κ1) is 15.8. The minimum Gasteiger partial charge on any atom is -0.478 e. The molecule has 0 radical (unpaired) electrons. The number of aliphatic carboxylic acids is 1. The van der Waals surface area contributed by atoms with Crippen molar-refractivity contribution in [2.24, 2.45) is 0 Å². The molecule has 0 fully saturated rings. The third kappa shape index (κ3) is 3.00. The van der Waals surface area contributed by atoms with Crippen molar-refractivity contribution in [3.63, 3.8) is 0 Å². The highest BCUT2D eigenvalue weighted by atomic mass is 16.5. The van der Waals surface area contributed by atoms with E-state index in [1.807, 2.05) is 36.4 Å². The second-order valence-corrected chi connectivity index (χ2v) is 5.69. The van der Waals surface area contributed by atoms with Crippen LogP contribution < -0.4 is 4.74 Å². The van der Waals surface area contributed by atoms with Crippen molar-refractivity contribution >= 4 is 17.0 Å². The Morgan fingerprint density at radius 3 is 2.08 bits per heavy atom. The predicted molar refractivity (Wildman–Crippen MR) is 96.3 cm³/mol. The Labute approximate surface area is 149 Å². The summed E-state index contributed by atoms with van der Waals surface area (Å²) in [6.07, 6.45) is -1.12. The number of carboxylic acid groups (broad SMARTS) is 1. The minimum atomic E-state index is -1.12. The summed E-state index contributed by atoms with van der Waals surface area (Å²) in [5, 5.41) is 18.5. The molecule has 0 saturated heterocycles. The molecule has 0 bridgehead atoms. The van der Waals surface area contributed by atoms with Gasteiger partial charge in [-0.2, -0.15) is 0 Å². The lowest BCUT2D eigenvalue weighted by Crippen LogP contribution is -2.19. The molecule has 0 saturated carbocycles. The van der Waals surface area contributed by atoms with Gasteiger partial charge in [-0.05, 0) is 24.3 Å². The smallest absolute Gasteiger partial charge is 0.349 e. The summed E-state index contributed by atoms with van der Waals surface area (Å²) in [5.41, 5.74) is 2.64. The van der Waals surface area contributed by atoms with Crippen LogP contribution in [0.4, 0.5) is 0 Å². The van der Waals surface area contributed by atoms with Crippen molar-refractivity contribution in [2.75, 3.05) is 0 Å². The Balaban J connectivity index is 1.74. The van der Waals surface area contributed by atoms with Gasteiger partial charge in [0.15, 0.2) is 0 Å². The number of hydrogen-bond donors (Lipinski definition) is 1. The summed E-state index contributed by atoms with van der Waals surface area (Å²) < 4.78 is 5.84. The van der Waals surface area contributed by atoms with Crippen LogP contribution in [0.15, 0.2) is 78.9 Å². The SMILES string of the molecule is O=C(O)C(Oc1ccccc1-n1nc2ccccc2n1)c1ccccc1. The maximum absolute atomic E-state index is 11.7. The second kappa shape index (κ2) is 6.68. The molecule has 0 aliphatic rings. The van der Waals surface area contributed by atoms with Crippen molar-refractivity contribution in [3.8, 4) is 11.4 Å². The van der Waals surface area contributed by atoms with Gasteiger partial charge in [-0.3, -0.25) is 0 Å². The van der Waals surface area contributed by atoms with Crippen LogP contribution in [-0.2, 0) is 4.79 Å². The first-order valence-corrected chi connectivity index (χ1v) is 8.08. The Kier molecular flexibility index (Phi) is 4.07. The van der Waals surface area contributed by atoms with E-state index in [0.29, 0.717) is 17.0 Å². The molecule has 0 aliphatic heterocycles. The van der Waals surface area contributed by atoms with Gasteiger partial charge in [-0.15, -0.1) is 15.0 Å². The lowest BCUT2D eigenvalue weighted by molar-refractivity contribution is -0.145. The number of hydrogen-bond acceptors (Lipinski definition) is 4. The number of benzene rings is 3. The fraction of sp³-hybridized carbons (Fsp3) is 0.0500. The van der Waals surface area contributed by atoms with Crippen molar-refractivity contribution in [2.45, 2.75) is 6.10 Å². The van der Waals surface area contributed by atoms with Crippen molar-refractivity contribution < 1.29 is 14.6 Å². The highest BCUT2D eigenvalue weighted by Crippen LogP contribution is 2.28. The molecular formula is C20H15N3O3. The third-order valence-corrected chi connectivity index (χ3v) is 3.94. The van der Waals surface area contributed by atoms with Crippen LogP contribution in [0.3, 0.4) is 0 Å². The third-order valence-electron chi connectivity index (χ3n) is 3.94. The van der Waals surface area contributed by atoms with Gasteiger partial charge in [0.1, 0.15) is 22.5 Å². The summed E-state index contributed by atoms with van der Waals surface area (Å²) in [6, 6.07) is 23.5. The van der Waals surface area contributed by atoms with E-state index >= 15 is 0 Å². The van der Waals surface area contributed by atoms with Gasteiger partial charge in [-0.25, -0.2) is 4.79 Å². The van der Waals surface area contributed by atoms with E-state index in [1.54, 1.807) is 42.5 Å². The molecule has 0 amide bonds. The average Bonchev–Trinajstić information content (AvgIpc) is 3.11. The predicted octanol–water partition coefficient (Wildman–Crippen LogP) is 3.63. The molecule has 1 heterocycles. The summed E-state index contributed by atoms with van der Waals surface area (Å²) in [7, 11) is 0. The van der Waals surface area contributed by atoms with Crippen LogP contribution in [0.2, 0.25) is 0 Å². The number of aromatic nitrogens is 3. The van der Waals surface area contributed by atoms with E-state index in [1.165, 1.54) is 4.80 Å². The van der Waals surface area contributed by atoms with Crippen molar-refractivity contribution in [1.82, 2.24) is 15.0 Å². The molecule has 0 spiro atoms. The van der Waals surface area contributed by atoms with Crippen LogP contribution in [0.5, 0.6) is 5.75 Å². The van der Waals surface area contributed by atoms with Gasteiger partial charge in [-0.1, -0.05) is 54.6 Å². The number of carboxylic acids is 1. The molecule has 3 aromatic carbocycles. The van der Waals surface area contributed by atoms with Crippen molar-refractivity contribution in [3.05, 3.63) is 84.4 Å². The highest BCUT2D eigenvalue weighted by molar-refractivity contribution is 5.75. The normalized spacial score (nSPS) is 12.0. The fourth-order valence-corrected chi connectivity index (χ4v) is 2.71. The lowest BCUT2D eigenvalue weighted by atomic mass is 10.1. The Hall–Kier alpha value is -3.67. The van der Waals surface area contributed by atoms with Gasteiger partial charge >= 0.3 is 5.97 Å². The van der Waals surface area contributed by atoms with E-state index in [4.69, 9.17) is 4.74 Å². The van der Waals surface area contributed by atoms with Crippen LogP contribution in [0.1, 0.15) is 11.7 Å². The summed E-state index contributed by atoms with van der Waals surface area (Å²) >= 11 is 0. The fourth-order valence-electron chi connectivity index (χ4n) is 2.71. The summed E-state index contributed by atoms with van der Waals surface area (Å²) in [6.45, 7) is 0. The molecule has 128 valence electrons. The monoisotopic (exact) mass is 345 g/mol. The molecule has 0 aliphatic carbocycles. The molecule has 1 atom stereocenters. The zero-order valence-corrected chi connectivity index (χ0v) is 13.7. The van der Waals surface area contributed by atoms with E-state index in [0.717, 1.165) is 11.0 Å². The number of fused-ring (bicyclic) bond motifs is 1. The Bertz CT molecular complexity index is 1030. The van der Waals surface area contributed by atoms with E-state index in [-0.39, 0.29) is 0 Å². The zero-order chi connectivity index (χ0) is 17.9.